The lowest BCUT2D eigenvalue weighted by atomic mass is 9.94. The van der Waals surface area contributed by atoms with Crippen LogP contribution in [-0.4, -0.2) is 66.8 Å². The molecule has 0 N–H and O–H groups in total. The van der Waals surface area contributed by atoms with Crippen LogP contribution in [0.1, 0.15) is 51.0 Å². The summed E-state index contributed by atoms with van der Waals surface area (Å²) in [5.74, 6) is 0.0756. The average Bonchev–Trinajstić information content (AvgIpc) is 3.22. The Morgan fingerprint density at radius 3 is 2.45 bits per heavy atom. The summed E-state index contributed by atoms with van der Waals surface area (Å²) in [6.07, 6.45) is 8.00. The summed E-state index contributed by atoms with van der Waals surface area (Å²) in [5, 5.41) is 2.69. The summed E-state index contributed by atoms with van der Waals surface area (Å²) in [6.45, 7) is 5.98. The molecule has 1 aromatic carbocycles. The molecule has 1 saturated heterocycles. The molecule has 2 heterocycles. The van der Waals surface area contributed by atoms with E-state index in [4.69, 9.17) is 0 Å². The third-order valence-corrected chi connectivity index (χ3v) is 9.54. The van der Waals surface area contributed by atoms with Crippen LogP contribution in [0.4, 0.5) is 5.13 Å². The van der Waals surface area contributed by atoms with E-state index >= 15 is 0 Å². The predicted molar refractivity (Wildman–Crippen MR) is 132 cm³/mol. The fourth-order valence-corrected chi connectivity index (χ4v) is 7.05. The second kappa shape index (κ2) is 10.6. The van der Waals surface area contributed by atoms with Gasteiger partial charge in [-0.3, -0.25) is 14.6 Å². The third-order valence-electron chi connectivity index (χ3n) is 6.86. The van der Waals surface area contributed by atoms with Crippen LogP contribution in [0, 0.1) is 6.92 Å². The lowest BCUT2D eigenvalue weighted by Gasteiger charge is -2.37. The minimum Gasteiger partial charge on any atom is -0.291 e. The number of sulfonamides is 1. The first-order valence-electron chi connectivity index (χ1n) is 11.9. The lowest BCUT2D eigenvalue weighted by Crippen LogP contribution is -2.52. The number of nitrogens with zero attached hydrogens (tertiary/aromatic N) is 4. The molecule has 2 fully saturated rings. The molecule has 1 amide bonds. The Morgan fingerprint density at radius 1 is 1.06 bits per heavy atom. The molecule has 180 valence electrons. The first-order chi connectivity index (χ1) is 15.9. The van der Waals surface area contributed by atoms with E-state index in [0.717, 1.165) is 36.4 Å². The summed E-state index contributed by atoms with van der Waals surface area (Å²) in [4.78, 5) is 22.6. The highest BCUT2D eigenvalue weighted by molar-refractivity contribution is 7.89. The van der Waals surface area contributed by atoms with Gasteiger partial charge in [0.05, 0.1) is 10.9 Å². The number of aryl methyl sites for hydroxylation is 1. The average molecular weight is 491 g/mol. The number of rotatable bonds is 6. The molecule has 4 rings (SSSR count). The predicted octanol–water partition coefficient (Wildman–Crippen LogP) is 3.90. The van der Waals surface area contributed by atoms with Crippen molar-refractivity contribution in [2.24, 2.45) is 0 Å². The molecule has 0 bridgehead atoms. The quantitative estimate of drug-likeness (QED) is 0.614. The van der Waals surface area contributed by atoms with Crippen molar-refractivity contribution >= 4 is 32.4 Å². The van der Waals surface area contributed by atoms with Crippen LogP contribution in [0.25, 0.3) is 0 Å². The van der Waals surface area contributed by atoms with Gasteiger partial charge in [0.25, 0.3) is 0 Å². The molecule has 2 aromatic rings. The van der Waals surface area contributed by atoms with Gasteiger partial charge in [0.1, 0.15) is 0 Å². The molecule has 1 aliphatic carbocycles. The Balaban J connectivity index is 1.46. The van der Waals surface area contributed by atoms with Gasteiger partial charge in [-0.05, 0) is 45.2 Å². The zero-order valence-corrected chi connectivity index (χ0v) is 21.2. The maximum absolute atomic E-state index is 13.7. The van der Waals surface area contributed by atoms with Gasteiger partial charge < -0.3 is 0 Å². The number of hydrogen-bond acceptors (Lipinski definition) is 6. The van der Waals surface area contributed by atoms with Gasteiger partial charge in [0.2, 0.25) is 15.9 Å². The Kier molecular flexibility index (Phi) is 7.83. The van der Waals surface area contributed by atoms with Crippen molar-refractivity contribution in [3.8, 4) is 0 Å². The maximum atomic E-state index is 13.7. The highest BCUT2D eigenvalue weighted by atomic mass is 32.2. The number of carbonyl (C=O) groups is 1. The summed E-state index contributed by atoms with van der Waals surface area (Å²) in [5.41, 5.74) is 1.03. The van der Waals surface area contributed by atoms with Crippen molar-refractivity contribution in [3.63, 3.8) is 0 Å². The number of benzene rings is 1. The molecule has 2 aliphatic rings. The number of anilines is 1. The van der Waals surface area contributed by atoms with E-state index in [1.165, 1.54) is 17.8 Å². The van der Waals surface area contributed by atoms with Crippen molar-refractivity contribution in [3.05, 3.63) is 41.4 Å². The van der Waals surface area contributed by atoms with E-state index in [1.807, 2.05) is 36.3 Å². The maximum Gasteiger partial charge on any atom is 0.246 e. The van der Waals surface area contributed by atoms with E-state index in [9.17, 15) is 13.2 Å². The third kappa shape index (κ3) is 5.48. The van der Waals surface area contributed by atoms with Crippen molar-refractivity contribution in [2.45, 2.75) is 69.4 Å². The van der Waals surface area contributed by atoms with E-state index in [2.05, 4.69) is 9.88 Å². The Morgan fingerprint density at radius 2 is 1.79 bits per heavy atom. The van der Waals surface area contributed by atoms with Crippen LogP contribution in [0.3, 0.4) is 0 Å². The molecule has 9 heteroatoms. The van der Waals surface area contributed by atoms with Gasteiger partial charge in [0.15, 0.2) is 5.13 Å². The first kappa shape index (κ1) is 24.3. The van der Waals surface area contributed by atoms with Crippen LogP contribution in [-0.2, 0) is 14.8 Å². The van der Waals surface area contributed by atoms with E-state index < -0.39 is 10.0 Å². The van der Waals surface area contributed by atoms with E-state index in [0.29, 0.717) is 37.5 Å². The lowest BCUT2D eigenvalue weighted by molar-refractivity contribution is -0.123. The molecule has 1 aliphatic heterocycles. The molecule has 1 saturated carbocycles. The standard InChI is InChI=1S/C24H34N4O3S2/c1-19-9-11-22(12-10-19)33(30,31)27-15-6-14-26(16-17-27)20(2)23(29)28(24-25-13-18-32-24)21-7-4-3-5-8-21/h9-13,18,20-21H,3-8,14-17H2,1-2H3. The zero-order valence-electron chi connectivity index (χ0n) is 19.5. The second-order valence-electron chi connectivity index (χ2n) is 9.10. The number of thiazole rings is 1. The number of hydrogen-bond donors (Lipinski definition) is 0. The second-order valence-corrected chi connectivity index (χ2v) is 11.9. The molecule has 7 nitrogen and oxygen atoms in total. The molecular weight excluding hydrogens is 456 g/mol. The topological polar surface area (TPSA) is 73.8 Å². The van der Waals surface area contributed by atoms with Crippen molar-refractivity contribution in [2.75, 3.05) is 31.1 Å². The SMILES string of the molecule is Cc1ccc(S(=O)(=O)N2CCCN(C(C)C(=O)N(c3nccs3)C3CCCCC3)CC2)cc1. The zero-order chi connectivity index (χ0) is 23.4. The van der Waals surface area contributed by atoms with Gasteiger partial charge in [-0.2, -0.15) is 4.31 Å². The van der Waals surface area contributed by atoms with Crippen LogP contribution in [0.15, 0.2) is 40.7 Å². The van der Waals surface area contributed by atoms with Gasteiger partial charge in [-0.1, -0.05) is 37.0 Å². The van der Waals surface area contributed by atoms with Crippen LogP contribution in [0.5, 0.6) is 0 Å². The minimum atomic E-state index is -3.54. The van der Waals surface area contributed by atoms with Gasteiger partial charge in [0, 0.05) is 43.8 Å². The minimum absolute atomic E-state index is 0.0756. The number of carbonyl (C=O) groups excluding carboxylic acids is 1. The largest absolute Gasteiger partial charge is 0.291 e. The molecule has 1 aromatic heterocycles. The van der Waals surface area contributed by atoms with Crippen molar-refractivity contribution in [1.82, 2.24) is 14.2 Å². The summed E-state index contributed by atoms with van der Waals surface area (Å²) in [6, 6.07) is 6.89. The van der Waals surface area contributed by atoms with Gasteiger partial charge >= 0.3 is 0 Å². The Labute approximate surface area is 201 Å². The van der Waals surface area contributed by atoms with Crippen LogP contribution in [0.2, 0.25) is 0 Å². The van der Waals surface area contributed by atoms with Crippen molar-refractivity contribution in [1.29, 1.82) is 0 Å². The molecular formula is C24H34N4O3S2. The Hall–Kier alpha value is -1.81. The molecule has 1 unspecified atom stereocenters. The summed E-state index contributed by atoms with van der Waals surface area (Å²) in [7, 11) is -3.54. The summed E-state index contributed by atoms with van der Waals surface area (Å²) >= 11 is 1.51. The molecule has 0 spiro atoms. The van der Waals surface area contributed by atoms with Crippen molar-refractivity contribution < 1.29 is 13.2 Å². The molecule has 33 heavy (non-hydrogen) atoms. The number of amides is 1. The molecule has 0 radical (unpaired) electrons. The van der Waals surface area contributed by atoms with E-state index in [1.54, 1.807) is 22.6 Å². The van der Waals surface area contributed by atoms with Gasteiger partial charge in [-0.25, -0.2) is 13.4 Å². The van der Waals surface area contributed by atoms with Crippen LogP contribution < -0.4 is 4.90 Å². The fraction of sp³-hybridized carbons (Fsp3) is 0.583. The van der Waals surface area contributed by atoms with Crippen LogP contribution >= 0.6 is 11.3 Å². The normalized spacial score (nSPS) is 20.3. The first-order valence-corrected chi connectivity index (χ1v) is 14.2. The fourth-order valence-electron chi connectivity index (χ4n) is 4.86. The summed E-state index contributed by atoms with van der Waals surface area (Å²) < 4.78 is 27.9. The monoisotopic (exact) mass is 490 g/mol. The highest BCUT2D eigenvalue weighted by Gasteiger charge is 2.35. The Bertz CT molecular complexity index is 1020. The smallest absolute Gasteiger partial charge is 0.246 e. The van der Waals surface area contributed by atoms with Gasteiger partial charge in [-0.15, -0.1) is 11.3 Å². The van der Waals surface area contributed by atoms with E-state index in [-0.39, 0.29) is 18.0 Å². The molecule has 1 atom stereocenters. The number of aromatic nitrogens is 1. The highest BCUT2D eigenvalue weighted by Crippen LogP contribution is 2.30.